The highest BCUT2D eigenvalue weighted by Gasteiger charge is 2.21. The monoisotopic (exact) mass is 315 g/mol. The van der Waals surface area contributed by atoms with Gasteiger partial charge in [-0.1, -0.05) is 12.1 Å². The highest BCUT2D eigenvalue weighted by atomic mass is 16.6. The van der Waals surface area contributed by atoms with Crippen LogP contribution < -0.4 is 5.32 Å². The summed E-state index contributed by atoms with van der Waals surface area (Å²) >= 11 is 0. The normalized spacial score (nSPS) is 18.9. The number of para-hydroxylation sites is 1. The average molecular weight is 315 g/mol. The van der Waals surface area contributed by atoms with E-state index in [1.165, 1.54) is 18.9 Å². The van der Waals surface area contributed by atoms with Gasteiger partial charge < -0.3 is 9.73 Å². The molecule has 0 aliphatic carbocycles. The molecule has 1 aromatic heterocycles. The van der Waals surface area contributed by atoms with Gasteiger partial charge in [0.15, 0.2) is 0 Å². The van der Waals surface area contributed by atoms with Crippen molar-refractivity contribution in [2.75, 3.05) is 20.1 Å². The molecule has 1 unspecified atom stereocenters. The first-order chi connectivity index (χ1) is 11.2. The lowest BCUT2D eigenvalue weighted by molar-refractivity contribution is -0.384. The Morgan fingerprint density at radius 2 is 2.17 bits per heavy atom. The van der Waals surface area contributed by atoms with Crippen molar-refractivity contribution < 1.29 is 9.34 Å². The Morgan fingerprint density at radius 3 is 2.96 bits per heavy atom. The number of rotatable bonds is 5. The topological polar surface area (TPSA) is 71.5 Å². The molecule has 0 bridgehead atoms. The van der Waals surface area contributed by atoms with Crippen LogP contribution in [-0.4, -0.2) is 36.0 Å². The van der Waals surface area contributed by atoms with Crippen LogP contribution in [0.1, 0.15) is 18.6 Å². The SMILES string of the molecule is CNC1CCCN(Cc2ccc(-c3ccccc3[N+](=O)[O-])o2)C1. The lowest BCUT2D eigenvalue weighted by Crippen LogP contribution is -2.43. The van der Waals surface area contributed by atoms with Gasteiger partial charge in [-0.3, -0.25) is 15.0 Å². The Labute approximate surface area is 135 Å². The van der Waals surface area contributed by atoms with Gasteiger partial charge >= 0.3 is 0 Å². The standard InChI is InChI=1S/C17H21N3O3/c1-18-13-5-4-10-19(11-13)12-14-8-9-17(23-14)15-6-2-3-7-16(15)20(21)22/h2-3,6-9,13,18H,4-5,10-12H2,1H3. The zero-order valence-electron chi connectivity index (χ0n) is 13.2. The van der Waals surface area contributed by atoms with Gasteiger partial charge in [-0.05, 0) is 44.6 Å². The van der Waals surface area contributed by atoms with Crippen LogP contribution >= 0.6 is 0 Å². The van der Waals surface area contributed by atoms with E-state index < -0.39 is 0 Å². The molecule has 0 spiro atoms. The summed E-state index contributed by atoms with van der Waals surface area (Å²) in [6.45, 7) is 2.79. The van der Waals surface area contributed by atoms with Crippen LogP contribution in [0.4, 0.5) is 5.69 Å². The number of hydrogen-bond acceptors (Lipinski definition) is 5. The smallest absolute Gasteiger partial charge is 0.280 e. The minimum Gasteiger partial charge on any atom is -0.459 e. The molecule has 23 heavy (non-hydrogen) atoms. The van der Waals surface area contributed by atoms with Crippen molar-refractivity contribution in [1.82, 2.24) is 10.2 Å². The van der Waals surface area contributed by atoms with Crippen molar-refractivity contribution in [1.29, 1.82) is 0 Å². The van der Waals surface area contributed by atoms with Crippen LogP contribution in [0.2, 0.25) is 0 Å². The molecule has 1 fully saturated rings. The zero-order chi connectivity index (χ0) is 16.2. The summed E-state index contributed by atoms with van der Waals surface area (Å²) < 4.78 is 5.87. The second-order valence-corrected chi connectivity index (χ2v) is 5.90. The van der Waals surface area contributed by atoms with Crippen molar-refractivity contribution in [3.05, 3.63) is 52.3 Å². The van der Waals surface area contributed by atoms with Crippen molar-refractivity contribution in [3.63, 3.8) is 0 Å². The average Bonchev–Trinajstić information content (AvgIpc) is 3.03. The third kappa shape index (κ3) is 3.60. The highest BCUT2D eigenvalue weighted by molar-refractivity contribution is 5.69. The summed E-state index contributed by atoms with van der Waals surface area (Å²) in [4.78, 5) is 13.1. The fourth-order valence-corrected chi connectivity index (χ4v) is 3.10. The second-order valence-electron chi connectivity index (χ2n) is 5.90. The summed E-state index contributed by atoms with van der Waals surface area (Å²) in [5, 5.41) is 14.5. The minimum atomic E-state index is -0.375. The molecule has 0 amide bonds. The Hall–Kier alpha value is -2.18. The van der Waals surface area contributed by atoms with Gasteiger partial charge in [0, 0.05) is 18.7 Å². The van der Waals surface area contributed by atoms with Crippen molar-refractivity contribution in [3.8, 4) is 11.3 Å². The van der Waals surface area contributed by atoms with E-state index in [4.69, 9.17) is 4.42 Å². The Kier molecular flexibility index (Phi) is 4.73. The molecule has 2 aromatic rings. The summed E-state index contributed by atoms with van der Waals surface area (Å²) in [7, 11) is 1.99. The molecule has 6 nitrogen and oxygen atoms in total. The first-order valence-corrected chi connectivity index (χ1v) is 7.89. The quantitative estimate of drug-likeness (QED) is 0.678. The van der Waals surface area contributed by atoms with E-state index in [0.29, 0.717) is 17.4 Å². The Balaban J connectivity index is 1.75. The first-order valence-electron chi connectivity index (χ1n) is 7.89. The summed E-state index contributed by atoms with van der Waals surface area (Å²) in [5.41, 5.74) is 0.595. The van der Waals surface area contributed by atoms with E-state index >= 15 is 0 Å². The molecule has 1 aliphatic rings. The maximum absolute atomic E-state index is 11.1. The van der Waals surface area contributed by atoms with Crippen molar-refractivity contribution in [2.45, 2.75) is 25.4 Å². The Morgan fingerprint density at radius 1 is 1.35 bits per heavy atom. The minimum absolute atomic E-state index is 0.0709. The molecule has 1 saturated heterocycles. The van der Waals surface area contributed by atoms with E-state index in [-0.39, 0.29) is 10.6 Å². The van der Waals surface area contributed by atoms with Crippen LogP contribution in [0.3, 0.4) is 0 Å². The van der Waals surface area contributed by atoms with Crippen molar-refractivity contribution in [2.24, 2.45) is 0 Å². The molecule has 1 N–H and O–H groups in total. The van der Waals surface area contributed by atoms with E-state index in [1.54, 1.807) is 18.2 Å². The highest BCUT2D eigenvalue weighted by Crippen LogP contribution is 2.31. The summed E-state index contributed by atoms with van der Waals surface area (Å²) in [6, 6.07) is 10.9. The fraction of sp³-hybridized carbons (Fsp3) is 0.412. The maximum atomic E-state index is 11.1. The van der Waals surface area contributed by atoms with Crippen LogP contribution in [-0.2, 0) is 6.54 Å². The van der Waals surface area contributed by atoms with Crippen molar-refractivity contribution >= 4 is 5.69 Å². The largest absolute Gasteiger partial charge is 0.459 e. The maximum Gasteiger partial charge on any atom is 0.280 e. The van der Waals surface area contributed by atoms with Gasteiger partial charge in [-0.2, -0.15) is 0 Å². The lowest BCUT2D eigenvalue weighted by atomic mass is 10.1. The number of likely N-dealkylation sites (N-methyl/N-ethyl adjacent to an activating group) is 1. The second kappa shape index (κ2) is 6.93. The summed E-state index contributed by atoms with van der Waals surface area (Å²) in [5.74, 6) is 1.39. The molecule has 1 aromatic carbocycles. The number of nitro groups is 1. The zero-order valence-corrected chi connectivity index (χ0v) is 13.2. The van der Waals surface area contributed by atoms with Gasteiger partial charge in [0.2, 0.25) is 0 Å². The number of piperidine rings is 1. The number of hydrogen-bond donors (Lipinski definition) is 1. The number of nitrogens with zero attached hydrogens (tertiary/aromatic N) is 2. The molecule has 2 heterocycles. The molecule has 3 rings (SSSR count). The Bertz CT molecular complexity index is 683. The van der Waals surface area contributed by atoms with E-state index in [9.17, 15) is 10.1 Å². The van der Waals surface area contributed by atoms with Gasteiger partial charge in [0.1, 0.15) is 11.5 Å². The number of nitro benzene ring substituents is 1. The van der Waals surface area contributed by atoms with E-state index in [2.05, 4.69) is 10.2 Å². The lowest BCUT2D eigenvalue weighted by Gasteiger charge is -2.31. The van der Waals surface area contributed by atoms with E-state index in [1.807, 2.05) is 19.2 Å². The third-order valence-corrected chi connectivity index (χ3v) is 4.32. The molecule has 0 saturated carbocycles. The van der Waals surface area contributed by atoms with E-state index in [0.717, 1.165) is 25.4 Å². The number of nitrogens with one attached hydrogen (secondary N) is 1. The van der Waals surface area contributed by atoms with Crippen LogP contribution in [0, 0.1) is 10.1 Å². The predicted molar refractivity (Wildman–Crippen MR) is 88.2 cm³/mol. The number of likely N-dealkylation sites (tertiary alicyclic amines) is 1. The fourth-order valence-electron chi connectivity index (χ4n) is 3.10. The third-order valence-electron chi connectivity index (χ3n) is 4.32. The van der Waals surface area contributed by atoms with Gasteiger partial charge in [-0.25, -0.2) is 0 Å². The molecule has 0 radical (unpaired) electrons. The van der Waals surface area contributed by atoms with Crippen LogP contribution in [0.25, 0.3) is 11.3 Å². The van der Waals surface area contributed by atoms with Crippen LogP contribution in [0.15, 0.2) is 40.8 Å². The number of furan rings is 1. The van der Waals surface area contributed by atoms with Gasteiger partial charge in [-0.15, -0.1) is 0 Å². The first kappa shape index (κ1) is 15.7. The van der Waals surface area contributed by atoms with Crippen LogP contribution in [0.5, 0.6) is 0 Å². The van der Waals surface area contributed by atoms with Gasteiger partial charge in [0.05, 0.1) is 17.0 Å². The molecular weight excluding hydrogens is 294 g/mol. The molecular formula is C17H21N3O3. The predicted octanol–water partition coefficient (Wildman–Crippen LogP) is 3.04. The summed E-state index contributed by atoms with van der Waals surface area (Å²) in [6.07, 6.45) is 2.37. The molecule has 122 valence electrons. The number of benzene rings is 1. The van der Waals surface area contributed by atoms with Gasteiger partial charge in [0.25, 0.3) is 5.69 Å². The molecule has 6 heteroatoms. The molecule has 1 atom stereocenters. The molecule has 1 aliphatic heterocycles.